The van der Waals surface area contributed by atoms with Crippen LogP contribution in [0.3, 0.4) is 0 Å². The molecule has 38 heavy (non-hydrogen) atoms. The Labute approximate surface area is 220 Å². The van der Waals surface area contributed by atoms with Crippen molar-refractivity contribution in [2.75, 3.05) is 31.1 Å². The minimum atomic E-state index is -4.36. The monoisotopic (exact) mass is 531 g/mol. The molecule has 1 saturated heterocycles. The van der Waals surface area contributed by atoms with E-state index in [1.807, 2.05) is 17.0 Å². The number of benzene rings is 2. The Morgan fingerprint density at radius 1 is 1.03 bits per heavy atom. The third-order valence-electron chi connectivity index (χ3n) is 5.95. The van der Waals surface area contributed by atoms with Gasteiger partial charge in [-0.3, -0.25) is 9.88 Å². The van der Waals surface area contributed by atoms with Gasteiger partial charge in [0.05, 0.1) is 17.8 Å². The predicted octanol–water partition coefficient (Wildman–Crippen LogP) is 5.83. The lowest BCUT2D eigenvalue weighted by Gasteiger charge is -2.36. The van der Waals surface area contributed by atoms with Gasteiger partial charge in [-0.15, -0.1) is 0 Å². The van der Waals surface area contributed by atoms with Crippen molar-refractivity contribution in [2.24, 2.45) is 0 Å². The molecule has 2 atom stereocenters. The smallest absolute Gasteiger partial charge is 0.416 e. The first kappa shape index (κ1) is 28.9. The van der Waals surface area contributed by atoms with Crippen LogP contribution in [0.25, 0.3) is 0 Å². The molecule has 0 aliphatic carbocycles. The molecule has 2 unspecified atom stereocenters. The fourth-order valence-electron chi connectivity index (χ4n) is 4.36. The summed E-state index contributed by atoms with van der Waals surface area (Å²) >= 11 is 0. The van der Waals surface area contributed by atoms with E-state index in [9.17, 15) is 18.0 Å². The number of halogens is 3. The number of rotatable bonds is 7. The van der Waals surface area contributed by atoms with Crippen molar-refractivity contribution in [2.45, 2.75) is 38.7 Å². The van der Waals surface area contributed by atoms with Gasteiger partial charge in [-0.2, -0.15) is 13.2 Å². The SMILES string of the molecule is CC1CN(CCCN(c2ccncc2)c2cccc(C(F)(F)F)c2)CC(C)O1.O=C(O)c1ccccc1O. The molecule has 0 saturated carbocycles. The number of anilines is 2. The summed E-state index contributed by atoms with van der Waals surface area (Å²) in [7, 11) is 0. The van der Waals surface area contributed by atoms with E-state index in [0.29, 0.717) is 12.2 Å². The second kappa shape index (κ2) is 13.3. The van der Waals surface area contributed by atoms with Gasteiger partial charge in [0, 0.05) is 49.9 Å². The van der Waals surface area contributed by atoms with Crippen molar-refractivity contribution in [3.8, 4) is 5.75 Å². The molecule has 7 nitrogen and oxygen atoms in total. The third-order valence-corrected chi connectivity index (χ3v) is 5.95. The number of aromatic carboxylic acids is 1. The molecule has 1 aliphatic rings. The van der Waals surface area contributed by atoms with Gasteiger partial charge in [0.1, 0.15) is 11.3 Å². The number of hydrogen-bond acceptors (Lipinski definition) is 6. The summed E-state index contributed by atoms with van der Waals surface area (Å²) in [5, 5.41) is 17.3. The first-order chi connectivity index (χ1) is 18.0. The zero-order valence-corrected chi connectivity index (χ0v) is 21.3. The average Bonchev–Trinajstić information content (AvgIpc) is 2.87. The molecule has 4 rings (SSSR count). The van der Waals surface area contributed by atoms with Gasteiger partial charge in [-0.1, -0.05) is 18.2 Å². The average molecular weight is 532 g/mol. The number of morpholine rings is 1. The van der Waals surface area contributed by atoms with Gasteiger partial charge >= 0.3 is 12.1 Å². The number of pyridine rings is 1. The molecule has 1 fully saturated rings. The Kier molecular flexibility index (Phi) is 10.1. The Hall–Kier alpha value is -3.63. The highest BCUT2D eigenvalue weighted by Crippen LogP contribution is 2.33. The molecule has 2 aromatic carbocycles. The van der Waals surface area contributed by atoms with Crippen molar-refractivity contribution in [1.82, 2.24) is 9.88 Å². The van der Waals surface area contributed by atoms with E-state index in [0.717, 1.165) is 37.8 Å². The van der Waals surface area contributed by atoms with Crippen LogP contribution in [0.2, 0.25) is 0 Å². The number of phenols is 1. The normalized spacial score (nSPS) is 17.8. The molecule has 10 heteroatoms. The summed E-state index contributed by atoms with van der Waals surface area (Å²) in [6.07, 6.45) is 0.174. The molecule has 1 aliphatic heterocycles. The summed E-state index contributed by atoms with van der Waals surface area (Å²) in [6, 6.07) is 14.9. The van der Waals surface area contributed by atoms with Crippen LogP contribution < -0.4 is 4.90 Å². The van der Waals surface area contributed by atoms with E-state index < -0.39 is 17.7 Å². The quantitative estimate of drug-likeness (QED) is 0.397. The summed E-state index contributed by atoms with van der Waals surface area (Å²) in [5.41, 5.74) is 0.658. The van der Waals surface area contributed by atoms with Crippen LogP contribution >= 0.6 is 0 Å². The number of nitrogens with zero attached hydrogens (tertiary/aromatic N) is 3. The number of carboxylic acids is 1. The van der Waals surface area contributed by atoms with E-state index >= 15 is 0 Å². The number of carboxylic acid groups (broad SMARTS) is 1. The van der Waals surface area contributed by atoms with Crippen molar-refractivity contribution in [3.05, 3.63) is 84.2 Å². The Balaban J connectivity index is 0.000000336. The number of aromatic nitrogens is 1. The van der Waals surface area contributed by atoms with Gasteiger partial charge in [-0.05, 0) is 62.7 Å². The lowest BCUT2D eigenvalue weighted by atomic mass is 10.1. The van der Waals surface area contributed by atoms with Crippen LogP contribution in [-0.2, 0) is 10.9 Å². The summed E-state index contributed by atoms with van der Waals surface area (Å²) in [5.74, 6) is -1.31. The largest absolute Gasteiger partial charge is 0.507 e. The maximum Gasteiger partial charge on any atom is 0.416 e. The Morgan fingerprint density at radius 3 is 2.26 bits per heavy atom. The van der Waals surface area contributed by atoms with Crippen molar-refractivity contribution in [3.63, 3.8) is 0 Å². The maximum absolute atomic E-state index is 13.2. The highest BCUT2D eigenvalue weighted by molar-refractivity contribution is 5.90. The molecular formula is C28H32F3N3O4. The number of aromatic hydroxyl groups is 1. The second-order valence-corrected chi connectivity index (χ2v) is 9.10. The Morgan fingerprint density at radius 2 is 1.68 bits per heavy atom. The van der Waals surface area contributed by atoms with Gasteiger partial charge in [0.2, 0.25) is 0 Å². The number of carbonyl (C=O) groups is 1. The van der Waals surface area contributed by atoms with Crippen LogP contribution in [-0.4, -0.2) is 64.5 Å². The molecule has 3 aromatic rings. The highest BCUT2D eigenvalue weighted by atomic mass is 19.4. The first-order valence-corrected chi connectivity index (χ1v) is 12.3. The standard InChI is InChI=1S/C21H26F3N3O.C7H6O3/c1-16-14-26(15-17(2)28-16)11-4-12-27(19-7-9-25-10-8-19)20-6-3-5-18(13-20)21(22,23)24;8-6-4-2-1-3-5(6)7(9)10/h3,5-10,13,16-17H,4,11-12,14-15H2,1-2H3;1-4,8H,(H,9,10). The molecule has 2 N–H and O–H groups in total. The molecular weight excluding hydrogens is 499 g/mol. The maximum atomic E-state index is 13.2. The lowest BCUT2D eigenvalue weighted by molar-refractivity contribution is -0.137. The number of para-hydroxylation sites is 1. The molecule has 1 aromatic heterocycles. The van der Waals surface area contributed by atoms with Crippen LogP contribution in [0.5, 0.6) is 5.75 Å². The van der Waals surface area contributed by atoms with E-state index in [-0.39, 0.29) is 23.5 Å². The predicted molar refractivity (Wildman–Crippen MR) is 139 cm³/mol. The van der Waals surface area contributed by atoms with Gasteiger partial charge in [-0.25, -0.2) is 4.79 Å². The number of alkyl halides is 3. The molecule has 2 heterocycles. The van der Waals surface area contributed by atoms with Crippen LogP contribution in [0.4, 0.5) is 24.5 Å². The summed E-state index contributed by atoms with van der Waals surface area (Å²) < 4.78 is 45.2. The minimum Gasteiger partial charge on any atom is -0.507 e. The molecule has 0 spiro atoms. The highest BCUT2D eigenvalue weighted by Gasteiger charge is 2.31. The first-order valence-electron chi connectivity index (χ1n) is 12.3. The molecule has 0 amide bonds. The van der Waals surface area contributed by atoms with E-state index in [1.165, 1.54) is 24.3 Å². The van der Waals surface area contributed by atoms with E-state index in [2.05, 4.69) is 23.7 Å². The van der Waals surface area contributed by atoms with Crippen molar-refractivity contribution < 1.29 is 32.9 Å². The van der Waals surface area contributed by atoms with Gasteiger partial charge in [0.25, 0.3) is 0 Å². The van der Waals surface area contributed by atoms with E-state index in [4.69, 9.17) is 14.9 Å². The second-order valence-electron chi connectivity index (χ2n) is 9.10. The van der Waals surface area contributed by atoms with Crippen molar-refractivity contribution >= 4 is 17.3 Å². The molecule has 0 radical (unpaired) electrons. The fourth-order valence-corrected chi connectivity index (χ4v) is 4.36. The zero-order chi connectivity index (χ0) is 27.7. The molecule has 0 bridgehead atoms. The minimum absolute atomic E-state index is 0.0671. The number of ether oxygens (including phenoxy) is 1. The number of hydrogen-bond donors (Lipinski definition) is 2. The topological polar surface area (TPSA) is 86.1 Å². The van der Waals surface area contributed by atoms with Gasteiger partial charge in [0.15, 0.2) is 0 Å². The van der Waals surface area contributed by atoms with E-state index in [1.54, 1.807) is 30.6 Å². The van der Waals surface area contributed by atoms with Crippen LogP contribution in [0.1, 0.15) is 36.2 Å². The summed E-state index contributed by atoms with van der Waals surface area (Å²) in [6.45, 7) is 7.37. The fraction of sp³-hybridized carbons (Fsp3) is 0.357. The summed E-state index contributed by atoms with van der Waals surface area (Å²) in [4.78, 5) is 18.6. The Bertz CT molecular complexity index is 1170. The van der Waals surface area contributed by atoms with Gasteiger partial charge < -0.3 is 19.8 Å². The van der Waals surface area contributed by atoms with Crippen LogP contribution in [0, 0.1) is 0 Å². The lowest BCUT2D eigenvalue weighted by Crippen LogP contribution is -2.46. The van der Waals surface area contributed by atoms with Crippen LogP contribution in [0.15, 0.2) is 73.1 Å². The molecule has 204 valence electrons. The van der Waals surface area contributed by atoms with Crippen molar-refractivity contribution in [1.29, 1.82) is 0 Å². The zero-order valence-electron chi connectivity index (χ0n) is 21.3. The third kappa shape index (κ3) is 8.46.